The number of nitrogens with one attached hydrogen (secondary N) is 2. The van der Waals surface area contributed by atoms with Crippen molar-refractivity contribution in [3.05, 3.63) is 90.0 Å². The van der Waals surface area contributed by atoms with Crippen LogP contribution in [0.2, 0.25) is 0 Å². The van der Waals surface area contributed by atoms with Gasteiger partial charge in [0.15, 0.2) is 0 Å². The zero-order valence-electron chi connectivity index (χ0n) is 19.2. The van der Waals surface area contributed by atoms with Crippen molar-refractivity contribution in [2.24, 2.45) is 0 Å². The summed E-state index contributed by atoms with van der Waals surface area (Å²) in [5.41, 5.74) is 2.78. The molecule has 1 aliphatic rings. The van der Waals surface area contributed by atoms with E-state index in [-0.39, 0.29) is 18.0 Å². The molecular formula is C27H29N3O4. The molecule has 3 aromatic carbocycles. The lowest BCUT2D eigenvalue weighted by Gasteiger charge is -2.26. The number of benzene rings is 3. The van der Waals surface area contributed by atoms with Gasteiger partial charge in [0.25, 0.3) is 5.91 Å². The highest BCUT2D eigenvalue weighted by Gasteiger charge is 2.24. The van der Waals surface area contributed by atoms with Gasteiger partial charge in [0, 0.05) is 42.2 Å². The predicted octanol–water partition coefficient (Wildman–Crippen LogP) is 5.16. The number of nitrogens with zero attached hydrogens (tertiary/aromatic N) is 1. The van der Waals surface area contributed by atoms with Crippen LogP contribution in [-0.2, 0) is 11.3 Å². The molecule has 3 amide bonds. The molecule has 1 unspecified atom stereocenters. The summed E-state index contributed by atoms with van der Waals surface area (Å²) in [5.74, 6) is 0.651. The number of hydrogen-bond donors (Lipinski definition) is 2. The van der Waals surface area contributed by atoms with Gasteiger partial charge in [-0.2, -0.15) is 0 Å². The van der Waals surface area contributed by atoms with E-state index in [1.165, 1.54) is 0 Å². The molecule has 1 fully saturated rings. The van der Waals surface area contributed by atoms with Crippen LogP contribution in [0.3, 0.4) is 0 Å². The average Bonchev–Trinajstić information content (AvgIpc) is 3.38. The van der Waals surface area contributed by atoms with E-state index in [4.69, 9.17) is 9.47 Å². The van der Waals surface area contributed by atoms with Crippen LogP contribution in [0.1, 0.15) is 28.8 Å². The van der Waals surface area contributed by atoms with Crippen LogP contribution in [0.25, 0.3) is 0 Å². The molecule has 0 saturated carbocycles. The summed E-state index contributed by atoms with van der Waals surface area (Å²) in [4.78, 5) is 27.5. The van der Waals surface area contributed by atoms with Crippen molar-refractivity contribution in [2.75, 3.05) is 30.9 Å². The number of urea groups is 1. The Morgan fingerprint density at radius 3 is 2.29 bits per heavy atom. The molecule has 1 aliphatic heterocycles. The fourth-order valence-corrected chi connectivity index (χ4v) is 3.99. The standard InChI is InChI=1S/C27H29N3O4/c1-33-25-12-6-5-8-21(25)18-30(19-24-11-7-17-34-24)26(31)20-13-15-23(16-14-20)29-27(32)28-22-9-3-2-4-10-22/h2-6,8-10,12-16,24H,7,11,17-19H2,1H3,(H2,28,29,32). The van der Waals surface area contributed by atoms with Gasteiger partial charge in [-0.25, -0.2) is 4.79 Å². The van der Waals surface area contributed by atoms with Crippen molar-refractivity contribution in [3.8, 4) is 5.75 Å². The maximum Gasteiger partial charge on any atom is 0.323 e. The minimum atomic E-state index is -0.346. The second-order valence-corrected chi connectivity index (χ2v) is 8.16. The first-order valence-electron chi connectivity index (χ1n) is 11.4. The third kappa shape index (κ3) is 6.14. The van der Waals surface area contributed by atoms with Gasteiger partial charge >= 0.3 is 6.03 Å². The third-order valence-corrected chi connectivity index (χ3v) is 5.71. The van der Waals surface area contributed by atoms with E-state index >= 15 is 0 Å². The first kappa shape index (κ1) is 23.3. The molecule has 1 heterocycles. The number of anilines is 2. The largest absolute Gasteiger partial charge is 0.496 e. The summed E-state index contributed by atoms with van der Waals surface area (Å²) >= 11 is 0. The monoisotopic (exact) mass is 459 g/mol. The molecule has 0 aromatic heterocycles. The number of hydrogen-bond acceptors (Lipinski definition) is 4. The van der Waals surface area contributed by atoms with Gasteiger partial charge in [-0.3, -0.25) is 4.79 Å². The normalized spacial score (nSPS) is 14.9. The Morgan fingerprint density at radius 1 is 0.941 bits per heavy atom. The molecule has 7 heteroatoms. The Morgan fingerprint density at radius 2 is 1.62 bits per heavy atom. The lowest BCUT2D eigenvalue weighted by molar-refractivity contribution is 0.0505. The smallest absolute Gasteiger partial charge is 0.323 e. The van der Waals surface area contributed by atoms with Crippen molar-refractivity contribution in [2.45, 2.75) is 25.5 Å². The third-order valence-electron chi connectivity index (χ3n) is 5.71. The van der Waals surface area contributed by atoms with Crippen molar-refractivity contribution >= 4 is 23.3 Å². The first-order chi connectivity index (χ1) is 16.6. The van der Waals surface area contributed by atoms with Gasteiger partial charge in [0.2, 0.25) is 0 Å². The molecule has 0 radical (unpaired) electrons. The lowest BCUT2D eigenvalue weighted by atomic mass is 10.1. The highest BCUT2D eigenvalue weighted by atomic mass is 16.5. The Kier molecular flexibility index (Phi) is 7.78. The zero-order valence-corrected chi connectivity index (χ0v) is 19.2. The van der Waals surface area contributed by atoms with Gasteiger partial charge in [-0.05, 0) is 55.3 Å². The fourth-order valence-electron chi connectivity index (χ4n) is 3.99. The highest BCUT2D eigenvalue weighted by molar-refractivity contribution is 6.00. The Balaban J connectivity index is 1.45. The van der Waals surface area contributed by atoms with Crippen LogP contribution in [0.4, 0.5) is 16.2 Å². The lowest BCUT2D eigenvalue weighted by Crippen LogP contribution is -2.37. The maximum atomic E-state index is 13.4. The summed E-state index contributed by atoms with van der Waals surface area (Å²) < 4.78 is 11.3. The number of methoxy groups -OCH3 is 1. The second-order valence-electron chi connectivity index (χ2n) is 8.16. The number of rotatable bonds is 8. The summed E-state index contributed by atoms with van der Waals surface area (Å²) in [6.07, 6.45) is 1.98. The van der Waals surface area contributed by atoms with Crippen LogP contribution in [0.15, 0.2) is 78.9 Å². The van der Waals surface area contributed by atoms with E-state index in [2.05, 4.69) is 10.6 Å². The molecule has 34 heavy (non-hydrogen) atoms. The van der Waals surface area contributed by atoms with Crippen LogP contribution in [-0.4, -0.2) is 43.2 Å². The molecule has 0 bridgehead atoms. The van der Waals surface area contributed by atoms with Crippen LogP contribution >= 0.6 is 0 Å². The molecule has 0 aliphatic carbocycles. The molecule has 4 rings (SSSR count). The Bertz CT molecular complexity index is 1100. The van der Waals surface area contributed by atoms with Crippen molar-refractivity contribution in [3.63, 3.8) is 0 Å². The van der Waals surface area contributed by atoms with Crippen molar-refractivity contribution < 1.29 is 19.1 Å². The molecule has 0 spiro atoms. The predicted molar refractivity (Wildman–Crippen MR) is 132 cm³/mol. The molecule has 3 aromatic rings. The summed E-state index contributed by atoms with van der Waals surface area (Å²) in [6.45, 7) is 1.66. The van der Waals surface area contributed by atoms with Gasteiger partial charge in [-0.1, -0.05) is 36.4 Å². The average molecular weight is 460 g/mol. The first-order valence-corrected chi connectivity index (χ1v) is 11.4. The summed E-state index contributed by atoms with van der Waals surface area (Å²) in [5, 5.41) is 5.56. The summed E-state index contributed by atoms with van der Waals surface area (Å²) in [6, 6.07) is 23.5. The van der Waals surface area contributed by atoms with E-state index in [0.29, 0.717) is 30.0 Å². The van der Waals surface area contributed by atoms with E-state index < -0.39 is 0 Å². The molecule has 1 atom stereocenters. The minimum absolute atomic E-state index is 0.0290. The minimum Gasteiger partial charge on any atom is -0.496 e. The van der Waals surface area contributed by atoms with Gasteiger partial charge in [-0.15, -0.1) is 0 Å². The number of carbonyl (C=O) groups excluding carboxylic acids is 2. The number of ether oxygens (including phenoxy) is 2. The van der Waals surface area contributed by atoms with Gasteiger partial charge < -0.3 is 25.0 Å². The molecule has 2 N–H and O–H groups in total. The van der Waals surface area contributed by atoms with Gasteiger partial charge in [0.1, 0.15) is 5.75 Å². The highest BCUT2D eigenvalue weighted by Crippen LogP contribution is 2.23. The SMILES string of the molecule is COc1ccccc1CN(CC1CCCO1)C(=O)c1ccc(NC(=O)Nc2ccccc2)cc1. The van der Waals surface area contributed by atoms with Crippen LogP contribution < -0.4 is 15.4 Å². The second kappa shape index (κ2) is 11.3. The quantitative estimate of drug-likeness (QED) is 0.488. The van der Waals surface area contributed by atoms with E-state index in [1.54, 1.807) is 36.3 Å². The van der Waals surface area contributed by atoms with E-state index in [9.17, 15) is 9.59 Å². The van der Waals surface area contributed by atoms with E-state index in [0.717, 1.165) is 30.8 Å². The number of carbonyl (C=O) groups is 2. The Hall–Kier alpha value is -3.84. The Labute approximate surface area is 199 Å². The fraction of sp³-hybridized carbons (Fsp3) is 0.259. The molecular weight excluding hydrogens is 430 g/mol. The van der Waals surface area contributed by atoms with Crippen molar-refractivity contribution in [1.29, 1.82) is 0 Å². The van der Waals surface area contributed by atoms with Crippen molar-refractivity contribution in [1.82, 2.24) is 4.90 Å². The van der Waals surface area contributed by atoms with Crippen LogP contribution in [0.5, 0.6) is 5.75 Å². The topological polar surface area (TPSA) is 79.9 Å². The maximum absolute atomic E-state index is 13.4. The van der Waals surface area contributed by atoms with Crippen LogP contribution in [0, 0.1) is 0 Å². The van der Waals surface area contributed by atoms with Gasteiger partial charge in [0.05, 0.1) is 13.2 Å². The van der Waals surface area contributed by atoms with E-state index in [1.807, 2.05) is 54.6 Å². The number of para-hydroxylation sites is 2. The zero-order chi connectivity index (χ0) is 23.8. The number of amides is 3. The summed E-state index contributed by atoms with van der Waals surface area (Å²) in [7, 11) is 1.63. The molecule has 7 nitrogen and oxygen atoms in total. The molecule has 1 saturated heterocycles. The molecule has 176 valence electrons.